The van der Waals surface area contributed by atoms with Gasteiger partial charge in [-0.1, -0.05) is 0 Å². The third kappa shape index (κ3) is 3.72. The SMILES string of the molecule is CC(C)(C)OCC(=O)C1CCOC2(CCSC2)C1. The molecule has 2 atom stereocenters. The van der Waals surface area contributed by atoms with Crippen molar-refractivity contribution in [2.24, 2.45) is 5.92 Å². The van der Waals surface area contributed by atoms with Gasteiger partial charge in [0.15, 0.2) is 5.78 Å². The second-order valence-electron chi connectivity index (χ2n) is 6.39. The third-order valence-electron chi connectivity index (χ3n) is 3.66. The zero-order chi connectivity index (χ0) is 13.2. The van der Waals surface area contributed by atoms with Crippen molar-refractivity contribution in [2.75, 3.05) is 24.7 Å². The van der Waals surface area contributed by atoms with Crippen LogP contribution < -0.4 is 0 Å². The number of ether oxygens (including phenoxy) is 2. The van der Waals surface area contributed by atoms with Crippen LogP contribution in [0.4, 0.5) is 0 Å². The lowest BCUT2D eigenvalue weighted by Crippen LogP contribution is -2.43. The van der Waals surface area contributed by atoms with Crippen LogP contribution >= 0.6 is 11.8 Å². The molecule has 0 radical (unpaired) electrons. The molecule has 2 rings (SSSR count). The summed E-state index contributed by atoms with van der Waals surface area (Å²) in [6.07, 6.45) is 2.85. The van der Waals surface area contributed by atoms with Crippen LogP contribution in [0, 0.1) is 5.92 Å². The summed E-state index contributed by atoms with van der Waals surface area (Å²) in [6.45, 7) is 6.93. The Morgan fingerprint density at radius 2 is 2.28 bits per heavy atom. The van der Waals surface area contributed by atoms with Crippen LogP contribution in [0.5, 0.6) is 0 Å². The summed E-state index contributed by atoms with van der Waals surface area (Å²) in [5.41, 5.74) is -0.243. The van der Waals surface area contributed by atoms with Crippen LogP contribution in [0.1, 0.15) is 40.0 Å². The van der Waals surface area contributed by atoms with E-state index in [0.717, 1.165) is 31.6 Å². The Labute approximate surface area is 114 Å². The van der Waals surface area contributed by atoms with E-state index in [1.165, 1.54) is 5.75 Å². The van der Waals surface area contributed by atoms with Crippen molar-refractivity contribution < 1.29 is 14.3 Å². The lowest BCUT2D eigenvalue weighted by atomic mass is 9.83. The van der Waals surface area contributed by atoms with Crippen molar-refractivity contribution >= 4 is 17.5 Å². The molecule has 0 saturated carbocycles. The van der Waals surface area contributed by atoms with E-state index in [9.17, 15) is 4.79 Å². The van der Waals surface area contributed by atoms with Crippen LogP contribution in [0.2, 0.25) is 0 Å². The average molecular weight is 272 g/mol. The number of thioether (sulfide) groups is 1. The molecule has 0 bridgehead atoms. The van der Waals surface area contributed by atoms with E-state index in [2.05, 4.69) is 0 Å². The Hall–Kier alpha value is -0.0600. The highest BCUT2D eigenvalue weighted by molar-refractivity contribution is 7.99. The van der Waals surface area contributed by atoms with Gasteiger partial charge in [-0.05, 0) is 45.8 Å². The van der Waals surface area contributed by atoms with Gasteiger partial charge in [-0.2, -0.15) is 11.8 Å². The monoisotopic (exact) mass is 272 g/mol. The third-order valence-corrected chi connectivity index (χ3v) is 4.89. The van der Waals surface area contributed by atoms with Crippen molar-refractivity contribution in [2.45, 2.75) is 51.2 Å². The van der Waals surface area contributed by atoms with Crippen molar-refractivity contribution in [3.05, 3.63) is 0 Å². The standard InChI is InChI=1S/C14H24O3S/c1-13(2,3)17-9-12(15)11-4-6-16-14(8-11)5-7-18-10-14/h11H,4-10H2,1-3H3. The van der Waals surface area contributed by atoms with Crippen LogP contribution in [-0.2, 0) is 14.3 Å². The van der Waals surface area contributed by atoms with E-state index in [1.54, 1.807) is 0 Å². The normalized spacial score (nSPS) is 32.9. The molecule has 4 heteroatoms. The number of hydrogen-bond donors (Lipinski definition) is 0. The van der Waals surface area contributed by atoms with Gasteiger partial charge < -0.3 is 9.47 Å². The van der Waals surface area contributed by atoms with Gasteiger partial charge in [0, 0.05) is 18.3 Å². The minimum atomic E-state index is -0.234. The molecule has 2 unspecified atom stereocenters. The molecule has 2 saturated heterocycles. The summed E-state index contributed by atoms with van der Waals surface area (Å²) in [5, 5.41) is 0. The Bertz CT molecular complexity index is 303. The molecular weight excluding hydrogens is 248 g/mol. The highest BCUT2D eigenvalue weighted by atomic mass is 32.2. The van der Waals surface area contributed by atoms with Crippen LogP contribution in [0.15, 0.2) is 0 Å². The topological polar surface area (TPSA) is 35.5 Å². The Balaban J connectivity index is 1.86. The number of carbonyl (C=O) groups is 1. The Morgan fingerprint density at radius 3 is 2.89 bits per heavy atom. The summed E-state index contributed by atoms with van der Waals surface area (Å²) in [5.74, 6) is 2.61. The minimum absolute atomic E-state index is 0.00895. The molecule has 2 aliphatic heterocycles. The summed E-state index contributed by atoms with van der Waals surface area (Å²) >= 11 is 1.94. The van der Waals surface area contributed by atoms with E-state index in [-0.39, 0.29) is 29.5 Å². The highest BCUT2D eigenvalue weighted by Gasteiger charge is 2.42. The van der Waals surface area contributed by atoms with Crippen molar-refractivity contribution in [3.63, 3.8) is 0 Å². The number of hydrogen-bond acceptors (Lipinski definition) is 4. The maximum absolute atomic E-state index is 12.2. The summed E-state index contributed by atoms with van der Waals surface area (Å²) in [4.78, 5) is 12.2. The molecule has 3 nitrogen and oxygen atoms in total. The van der Waals surface area contributed by atoms with Gasteiger partial charge in [0.2, 0.25) is 0 Å². The van der Waals surface area contributed by atoms with Gasteiger partial charge in [0.25, 0.3) is 0 Å². The van der Waals surface area contributed by atoms with Crippen LogP contribution in [-0.4, -0.2) is 41.7 Å². The summed E-state index contributed by atoms with van der Waals surface area (Å²) in [6, 6.07) is 0. The van der Waals surface area contributed by atoms with Gasteiger partial charge in [0.1, 0.15) is 6.61 Å². The largest absolute Gasteiger partial charge is 0.374 e. The van der Waals surface area contributed by atoms with E-state index in [0.29, 0.717) is 0 Å². The molecule has 0 amide bonds. The quantitative estimate of drug-likeness (QED) is 0.791. The fraction of sp³-hybridized carbons (Fsp3) is 0.929. The predicted molar refractivity (Wildman–Crippen MR) is 74.1 cm³/mol. The predicted octanol–water partition coefficient (Wildman–Crippen LogP) is 2.67. The van der Waals surface area contributed by atoms with E-state index >= 15 is 0 Å². The maximum atomic E-state index is 12.2. The van der Waals surface area contributed by atoms with Gasteiger partial charge in [0.05, 0.1) is 11.2 Å². The molecule has 2 heterocycles. The number of ketones is 1. The molecule has 2 aliphatic rings. The van der Waals surface area contributed by atoms with Crippen molar-refractivity contribution in [1.82, 2.24) is 0 Å². The molecule has 18 heavy (non-hydrogen) atoms. The second-order valence-corrected chi connectivity index (χ2v) is 7.50. The summed E-state index contributed by atoms with van der Waals surface area (Å²) < 4.78 is 11.5. The first-order valence-corrected chi connectivity index (χ1v) is 7.94. The summed E-state index contributed by atoms with van der Waals surface area (Å²) in [7, 11) is 0. The lowest BCUT2D eigenvalue weighted by Gasteiger charge is -2.37. The number of carbonyl (C=O) groups excluding carboxylic acids is 1. The number of Topliss-reactive ketones (excluding diaryl/α,β-unsaturated/α-hetero) is 1. The molecule has 1 spiro atoms. The first kappa shape index (κ1) is 14.4. The minimum Gasteiger partial charge on any atom is -0.374 e. The molecule has 0 aliphatic carbocycles. The lowest BCUT2D eigenvalue weighted by molar-refractivity contribution is -0.142. The van der Waals surface area contributed by atoms with Gasteiger partial charge in [-0.15, -0.1) is 0 Å². The van der Waals surface area contributed by atoms with Gasteiger partial charge in [-0.25, -0.2) is 0 Å². The van der Waals surface area contributed by atoms with E-state index in [1.807, 2.05) is 32.5 Å². The first-order chi connectivity index (χ1) is 8.40. The van der Waals surface area contributed by atoms with E-state index < -0.39 is 0 Å². The molecule has 0 aromatic rings. The molecular formula is C14H24O3S. The molecule has 104 valence electrons. The van der Waals surface area contributed by atoms with E-state index in [4.69, 9.17) is 9.47 Å². The first-order valence-electron chi connectivity index (χ1n) is 6.79. The highest BCUT2D eigenvalue weighted by Crippen LogP contribution is 2.40. The van der Waals surface area contributed by atoms with Gasteiger partial charge in [-0.3, -0.25) is 4.79 Å². The smallest absolute Gasteiger partial charge is 0.161 e. The van der Waals surface area contributed by atoms with Crippen LogP contribution in [0.3, 0.4) is 0 Å². The maximum Gasteiger partial charge on any atom is 0.161 e. The molecule has 2 fully saturated rings. The van der Waals surface area contributed by atoms with Crippen molar-refractivity contribution in [3.8, 4) is 0 Å². The van der Waals surface area contributed by atoms with Gasteiger partial charge >= 0.3 is 0 Å². The molecule has 0 N–H and O–H groups in total. The van der Waals surface area contributed by atoms with Crippen molar-refractivity contribution in [1.29, 1.82) is 0 Å². The molecule has 0 aromatic heterocycles. The molecule has 0 aromatic carbocycles. The average Bonchev–Trinajstić information content (AvgIpc) is 2.73. The van der Waals surface area contributed by atoms with Crippen LogP contribution in [0.25, 0.3) is 0 Å². The fourth-order valence-electron chi connectivity index (χ4n) is 2.57. The fourth-order valence-corrected chi connectivity index (χ4v) is 3.95. The second kappa shape index (κ2) is 5.51. The zero-order valence-corrected chi connectivity index (χ0v) is 12.5. The Morgan fingerprint density at radius 1 is 1.50 bits per heavy atom. The number of rotatable bonds is 3. The zero-order valence-electron chi connectivity index (χ0n) is 11.7. The Kier molecular flexibility index (Phi) is 4.40.